The summed E-state index contributed by atoms with van der Waals surface area (Å²) in [7, 11) is 1.60. The monoisotopic (exact) mass is 360 g/mol. The van der Waals surface area contributed by atoms with E-state index in [-0.39, 0.29) is 24.2 Å². The first-order valence-corrected chi connectivity index (χ1v) is 9.03. The van der Waals surface area contributed by atoms with Crippen LogP contribution in [0.4, 0.5) is 10.1 Å². The molecule has 0 aliphatic heterocycles. The van der Waals surface area contributed by atoms with E-state index < -0.39 is 0 Å². The summed E-state index contributed by atoms with van der Waals surface area (Å²) >= 11 is 1.53. The average molecular weight is 360 g/mol. The lowest BCUT2D eigenvalue weighted by Crippen LogP contribution is -2.36. The van der Waals surface area contributed by atoms with Gasteiger partial charge in [0, 0.05) is 18.5 Å². The Bertz CT molecular complexity index is 734. The van der Waals surface area contributed by atoms with Gasteiger partial charge in [0.05, 0.1) is 12.3 Å². The highest BCUT2D eigenvalue weighted by molar-refractivity contribution is 7.99. The van der Waals surface area contributed by atoms with Crippen LogP contribution in [0.1, 0.15) is 11.1 Å². The van der Waals surface area contributed by atoms with E-state index in [0.29, 0.717) is 11.4 Å². The van der Waals surface area contributed by atoms with E-state index in [1.165, 1.54) is 52.1 Å². The van der Waals surface area contributed by atoms with Gasteiger partial charge in [-0.1, -0.05) is 24.3 Å². The van der Waals surface area contributed by atoms with Crippen LogP contribution in [0.25, 0.3) is 0 Å². The third-order valence-corrected chi connectivity index (χ3v) is 4.65. The molecule has 6 heteroatoms. The summed E-state index contributed by atoms with van der Waals surface area (Å²) < 4.78 is 12.8. The van der Waals surface area contributed by atoms with Crippen LogP contribution in [-0.4, -0.2) is 36.1 Å². The number of likely N-dealkylation sites (N-methyl/N-ethyl adjacent to an activating group) is 1. The van der Waals surface area contributed by atoms with Crippen molar-refractivity contribution in [3.05, 3.63) is 65.5 Å². The quantitative estimate of drug-likeness (QED) is 0.823. The van der Waals surface area contributed by atoms with Gasteiger partial charge < -0.3 is 10.2 Å². The molecule has 2 amide bonds. The molecule has 25 heavy (non-hydrogen) atoms. The van der Waals surface area contributed by atoms with Crippen molar-refractivity contribution in [2.75, 3.05) is 24.7 Å². The fraction of sp³-hybridized carbons (Fsp3) is 0.263. The van der Waals surface area contributed by atoms with Crippen LogP contribution < -0.4 is 5.32 Å². The number of carbonyl (C=O) groups is 2. The minimum absolute atomic E-state index is 0.0405. The van der Waals surface area contributed by atoms with E-state index in [1.807, 2.05) is 31.2 Å². The molecule has 2 aromatic carbocycles. The van der Waals surface area contributed by atoms with E-state index in [9.17, 15) is 14.0 Å². The predicted molar refractivity (Wildman–Crippen MR) is 100 cm³/mol. The Labute approximate surface area is 151 Å². The molecule has 1 N–H and O–H groups in total. The molecule has 2 aromatic rings. The van der Waals surface area contributed by atoms with Crippen LogP contribution in [0, 0.1) is 12.7 Å². The fourth-order valence-corrected chi connectivity index (χ4v) is 3.21. The first kappa shape index (κ1) is 19.0. The molecule has 0 saturated heterocycles. The maximum atomic E-state index is 12.8. The maximum absolute atomic E-state index is 12.8. The molecule has 0 atom stereocenters. The van der Waals surface area contributed by atoms with Crippen molar-refractivity contribution in [3.8, 4) is 0 Å². The van der Waals surface area contributed by atoms with Crippen molar-refractivity contribution in [2.45, 2.75) is 12.7 Å². The second-order valence-corrected chi connectivity index (χ2v) is 6.71. The molecule has 0 spiro atoms. The van der Waals surface area contributed by atoms with Gasteiger partial charge in [-0.05, 0) is 42.3 Å². The molecule has 0 fully saturated rings. The molecular weight excluding hydrogens is 339 g/mol. The maximum Gasteiger partial charge on any atom is 0.243 e. The Kier molecular flexibility index (Phi) is 7.01. The van der Waals surface area contributed by atoms with Crippen molar-refractivity contribution in [3.63, 3.8) is 0 Å². The molecule has 0 aliphatic rings. The number of amides is 2. The zero-order valence-electron chi connectivity index (χ0n) is 14.3. The summed E-state index contributed by atoms with van der Waals surface area (Å²) in [6.45, 7) is 2.00. The number of aryl methyl sites for hydroxylation is 1. The molecular formula is C19H21FN2O2S. The smallest absolute Gasteiger partial charge is 0.243 e. The zero-order chi connectivity index (χ0) is 18.2. The van der Waals surface area contributed by atoms with Gasteiger partial charge in [-0.25, -0.2) is 4.39 Å². The zero-order valence-corrected chi connectivity index (χ0v) is 15.1. The van der Waals surface area contributed by atoms with Gasteiger partial charge in [0.2, 0.25) is 11.8 Å². The van der Waals surface area contributed by atoms with Gasteiger partial charge in [0.25, 0.3) is 0 Å². The van der Waals surface area contributed by atoms with E-state index in [4.69, 9.17) is 0 Å². The Morgan fingerprint density at radius 2 is 1.80 bits per heavy atom. The minimum Gasteiger partial charge on any atom is -0.336 e. The van der Waals surface area contributed by atoms with Gasteiger partial charge in [0.15, 0.2) is 0 Å². The van der Waals surface area contributed by atoms with Crippen molar-refractivity contribution in [2.24, 2.45) is 0 Å². The first-order chi connectivity index (χ1) is 12.0. The van der Waals surface area contributed by atoms with Crippen LogP contribution in [0.3, 0.4) is 0 Å². The number of hydrogen-bond donors (Lipinski definition) is 1. The lowest BCUT2D eigenvalue weighted by Gasteiger charge is -2.17. The standard InChI is InChI=1S/C19H21FN2O2S/c1-14-5-3-4-6-15(14)12-25-13-19(24)22(2)11-18(23)21-17-9-7-16(20)8-10-17/h3-10H,11-13H2,1-2H3,(H,21,23). The van der Waals surface area contributed by atoms with E-state index >= 15 is 0 Å². The number of hydrogen-bond acceptors (Lipinski definition) is 3. The number of nitrogens with zero attached hydrogens (tertiary/aromatic N) is 1. The third kappa shape index (κ3) is 6.23. The molecule has 132 valence electrons. The van der Waals surface area contributed by atoms with E-state index in [1.54, 1.807) is 7.05 Å². The fourth-order valence-electron chi connectivity index (χ4n) is 2.17. The van der Waals surface area contributed by atoms with Crippen molar-refractivity contribution >= 4 is 29.3 Å². The number of benzene rings is 2. The van der Waals surface area contributed by atoms with Gasteiger partial charge in [-0.3, -0.25) is 9.59 Å². The number of rotatable bonds is 7. The van der Waals surface area contributed by atoms with Gasteiger partial charge in [0.1, 0.15) is 5.82 Å². The van der Waals surface area contributed by atoms with Crippen molar-refractivity contribution in [1.29, 1.82) is 0 Å². The summed E-state index contributed by atoms with van der Waals surface area (Å²) in [5.41, 5.74) is 2.91. The van der Waals surface area contributed by atoms with Crippen LogP contribution in [0.15, 0.2) is 48.5 Å². The van der Waals surface area contributed by atoms with Crippen LogP contribution in [0.2, 0.25) is 0 Å². The highest BCUT2D eigenvalue weighted by Gasteiger charge is 2.13. The number of thioether (sulfide) groups is 1. The first-order valence-electron chi connectivity index (χ1n) is 7.87. The topological polar surface area (TPSA) is 49.4 Å². The molecule has 2 rings (SSSR count). The molecule has 0 unspecified atom stereocenters. The second-order valence-electron chi connectivity index (χ2n) is 5.72. The summed E-state index contributed by atoms with van der Waals surface area (Å²) in [5.74, 6) is 0.290. The minimum atomic E-state index is -0.365. The van der Waals surface area contributed by atoms with Crippen LogP contribution in [-0.2, 0) is 15.3 Å². The van der Waals surface area contributed by atoms with Crippen molar-refractivity contribution < 1.29 is 14.0 Å². The number of anilines is 1. The largest absolute Gasteiger partial charge is 0.336 e. The lowest BCUT2D eigenvalue weighted by atomic mass is 10.1. The Hall–Kier alpha value is -2.34. The van der Waals surface area contributed by atoms with E-state index in [2.05, 4.69) is 5.32 Å². The Morgan fingerprint density at radius 1 is 1.12 bits per heavy atom. The van der Waals surface area contributed by atoms with Crippen LogP contribution in [0.5, 0.6) is 0 Å². The molecule has 0 radical (unpaired) electrons. The number of halogens is 1. The third-order valence-electron chi connectivity index (χ3n) is 3.68. The predicted octanol–water partition coefficient (Wildman–Crippen LogP) is 3.46. The average Bonchev–Trinajstić information content (AvgIpc) is 2.58. The highest BCUT2D eigenvalue weighted by Crippen LogP contribution is 2.16. The summed E-state index contributed by atoms with van der Waals surface area (Å²) in [4.78, 5) is 25.5. The molecule has 4 nitrogen and oxygen atoms in total. The molecule has 0 saturated carbocycles. The summed E-state index contributed by atoms with van der Waals surface area (Å²) in [6.07, 6.45) is 0. The van der Waals surface area contributed by atoms with E-state index in [0.717, 1.165) is 5.75 Å². The Balaban J connectivity index is 1.74. The van der Waals surface area contributed by atoms with Crippen molar-refractivity contribution in [1.82, 2.24) is 4.90 Å². The van der Waals surface area contributed by atoms with Gasteiger partial charge in [-0.15, -0.1) is 11.8 Å². The van der Waals surface area contributed by atoms with Gasteiger partial charge >= 0.3 is 0 Å². The van der Waals surface area contributed by atoms with Gasteiger partial charge in [-0.2, -0.15) is 0 Å². The molecule has 0 bridgehead atoms. The normalized spacial score (nSPS) is 10.4. The SMILES string of the molecule is Cc1ccccc1CSCC(=O)N(C)CC(=O)Nc1ccc(F)cc1. The summed E-state index contributed by atoms with van der Waals surface area (Å²) in [5, 5.41) is 2.64. The molecule has 0 heterocycles. The molecule has 0 aliphatic carbocycles. The summed E-state index contributed by atoms with van der Waals surface area (Å²) in [6, 6.07) is 13.6. The van der Waals surface area contributed by atoms with Crippen LogP contribution >= 0.6 is 11.8 Å². The lowest BCUT2D eigenvalue weighted by molar-refractivity contribution is -0.131. The highest BCUT2D eigenvalue weighted by atomic mass is 32.2. The Morgan fingerprint density at radius 3 is 2.48 bits per heavy atom. The number of carbonyl (C=O) groups excluding carboxylic acids is 2. The second kappa shape index (κ2) is 9.22. The molecule has 0 aromatic heterocycles. The number of nitrogens with one attached hydrogen (secondary N) is 1.